The van der Waals surface area contributed by atoms with E-state index >= 15 is 0 Å². The van der Waals surface area contributed by atoms with E-state index in [4.69, 9.17) is 0 Å². The van der Waals surface area contributed by atoms with Crippen molar-refractivity contribution in [3.63, 3.8) is 0 Å². The number of amides is 1. The molecule has 6 nitrogen and oxygen atoms in total. The molecule has 0 saturated carbocycles. The zero-order chi connectivity index (χ0) is 18.4. The van der Waals surface area contributed by atoms with Gasteiger partial charge in [-0.05, 0) is 44.4 Å². The van der Waals surface area contributed by atoms with Crippen LogP contribution in [0.15, 0.2) is 29.2 Å². The third-order valence-electron chi connectivity index (χ3n) is 4.92. The molecule has 2 rings (SSSR count). The second-order valence-electron chi connectivity index (χ2n) is 6.98. The summed E-state index contributed by atoms with van der Waals surface area (Å²) in [6.07, 6.45) is 4.84. The van der Waals surface area contributed by atoms with Gasteiger partial charge in [0.1, 0.15) is 0 Å². The maximum Gasteiger partial charge on any atom is 0.251 e. The van der Waals surface area contributed by atoms with Crippen molar-refractivity contribution in [1.29, 1.82) is 0 Å². The van der Waals surface area contributed by atoms with Crippen molar-refractivity contribution < 1.29 is 18.1 Å². The van der Waals surface area contributed by atoms with Gasteiger partial charge in [0.05, 0.1) is 24.0 Å². The van der Waals surface area contributed by atoms with Crippen molar-refractivity contribution in [2.75, 3.05) is 33.7 Å². The van der Waals surface area contributed by atoms with Crippen molar-refractivity contribution >= 4 is 15.9 Å². The van der Waals surface area contributed by atoms with Gasteiger partial charge in [-0.3, -0.25) is 4.79 Å². The van der Waals surface area contributed by atoms with Crippen molar-refractivity contribution in [2.24, 2.45) is 0 Å². The summed E-state index contributed by atoms with van der Waals surface area (Å²) in [6, 6.07) is 6.89. The van der Waals surface area contributed by atoms with Crippen LogP contribution in [-0.4, -0.2) is 58.4 Å². The summed E-state index contributed by atoms with van der Waals surface area (Å²) in [4.78, 5) is 14.0. The van der Waals surface area contributed by atoms with Crippen LogP contribution in [0.5, 0.6) is 0 Å². The Morgan fingerprint density at radius 1 is 1.32 bits per heavy atom. The molecule has 1 unspecified atom stereocenters. The van der Waals surface area contributed by atoms with Gasteiger partial charge < -0.3 is 10.2 Å². The van der Waals surface area contributed by atoms with Crippen LogP contribution in [0, 0.1) is 0 Å². The van der Waals surface area contributed by atoms with Crippen LogP contribution in [0.1, 0.15) is 43.0 Å². The van der Waals surface area contributed by atoms with Crippen molar-refractivity contribution in [2.45, 2.75) is 43.5 Å². The van der Waals surface area contributed by atoms with Gasteiger partial charge in [0, 0.05) is 32.6 Å². The summed E-state index contributed by atoms with van der Waals surface area (Å²) in [5.41, 5.74) is 0.376. The summed E-state index contributed by atoms with van der Waals surface area (Å²) in [7, 11) is -0.572. The molecule has 0 spiro atoms. The van der Waals surface area contributed by atoms with Crippen molar-refractivity contribution in [3.05, 3.63) is 29.8 Å². The van der Waals surface area contributed by atoms with Gasteiger partial charge >= 0.3 is 0 Å². The lowest BCUT2D eigenvalue weighted by Gasteiger charge is -2.30. The van der Waals surface area contributed by atoms with E-state index in [1.165, 1.54) is 52.0 Å². The topological polar surface area (TPSA) is 70.9 Å². The SMILES string of the molecule is C[C@@H]1CCCC[NH+]1CCCNC(=O)c1cccc(S(=O)(=O)N(C)C)c1. The fourth-order valence-electron chi connectivity index (χ4n) is 3.25. The number of likely N-dealkylation sites (tertiary alicyclic amines) is 1. The largest absolute Gasteiger partial charge is 0.352 e. The number of sulfonamides is 1. The van der Waals surface area contributed by atoms with Crippen molar-refractivity contribution in [1.82, 2.24) is 9.62 Å². The smallest absolute Gasteiger partial charge is 0.251 e. The number of hydrogen-bond donors (Lipinski definition) is 2. The van der Waals surface area contributed by atoms with Gasteiger partial charge in [0.15, 0.2) is 0 Å². The highest BCUT2D eigenvalue weighted by molar-refractivity contribution is 7.89. The zero-order valence-corrected chi connectivity index (χ0v) is 16.2. The summed E-state index contributed by atoms with van der Waals surface area (Å²) in [6.45, 7) is 5.19. The minimum absolute atomic E-state index is 0.136. The van der Waals surface area contributed by atoms with E-state index in [-0.39, 0.29) is 10.8 Å². The summed E-state index contributed by atoms with van der Waals surface area (Å²) < 4.78 is 25.5. The van der Waals surface area contributed by atoms with Crippen LogP contribution >= 0.6 is 0 Å². The molecule has 1 amide bonds. The molecule has 1 aliphatic heterocycles. The zero-order valence-electron chi connectivity index (χ0n) is 15.4. The van der Waals surface area contributed by atoms with E-state index in [2.05, 4.69) is 12.2 Å². The quantitative estimate of drug-likeness (QED) is 0.689. The number of benzene rings is 1. The second kappa shape index (κ2) is 8.78. The number of rotatable bonds is 7. The molecule has 2 N–H and O–H groups in total. The molecule has 25 heavy (non-hydrogen) atoms. The first-order valence-electron chi connectivity index (χ1n) is 8.97. The summed E-state index contributed by atoms with van der Waals surface area (Å²) >= 11 is 0. The molecule has 2 atom stereocenters. The number of nitrogens with zero attached hydrogens (tertiary/aromatic N) is 1. The fraction of sp³-hybridized carbons (Fsp3) is 0.611. The first-order valence-corrected chi connectivity index (χ1v) is 10.4. The molecule has 0 bridgehead atoms. The second-order valence-corrected chi connectivity index (χ2v) is 9.13. The molecular weight excluding hydrogens is 338 g/mol. The van der Waals surface area contributed by atoms with Gasteiger partial charge in [0.25, 0.3) is 5.91 Å². The Morgan fingerprint density at radius 3 is 2.76 bits per heavy atom. The van der Waals surface area contributed by atoms with Gasteiger partial charge in [-0.2, -0.15) is 0 Å². The van der Waals surface area contributed by atoms with Crippen LogP contribution in [0.3, 0.4) is 0 Å². The lowest BCUT2D eigenvalue weighted by Crippen LogP contribution is -3.16. The predicted octanol–water partition coefficient (Wildman–Crippen LogP) is 0.514. The number of quaternary nitrogens is 1. The molecule has 1 aromatic carbocycles. The third kappa shape index (κ3) is 5.26. The van der Waals surface area contributed by atoms with Crippen LogP contribution in [0.25, 0.3) is 0 Å². The Balaban J connectivity index is 1.87. The molecule has 1 aromatic rings. The maximum absolute atomic E-state index is 12.3. The Morgan fingerprint density at radius 2 is 2.08 bits per heavy atom. The standard InChI is InChI=1S/C18H29N3O3S/c1-15-8-4-5-12-21(15)13-7-11-19-18(22)16-9-6-10-17(14-16)25(23,24)20(2)3/h6,9-10,14-15H,4-5,7-8,11-13H2,1-3H3,(H,19,22)/p+1/t15-/m1/s1. The lowest BCUT2D eigenvalue weighted by molar-refractivity contribution is -0.928. The number of carbonyl (C=O) groups is 1. The van der Waals surface area contributed by atoms with Gasteiger partial charge in [-0.1, -0.05) is 6.07 Å². The number of carbonyl (C=O) groups excluding carboxylic acids is 1. The normalized spacial score (nSPS) is 21.3. The highest BCUT2D eigenvalue weighted by Gasteiger charge is 2.21. The minimum atomic E-state index is -3.53. The molecule has 1 saturated heterocycles. The van der Waals surface area contributed by atoms with E-state index in [1.54, 1.807) is 17.0 Å². The van der Waals surface area contributed by atoms with E-state index in [0.717, 1.165) is 17.3 Å². The van der Waals surface area contributed by atoms with Gasteiger partial charge in [0.2, 0.25) is 10.0 Å². The average molecular weight is 369 g/mol. The average Bonchev–Trinajstić information content (AvgIpc) is 2.60. The highest BCUT2D eigenvalue weighted by Crippen LogP contribution is 2.14. The Kier molecular flexibility index (Phi) is 6.98. The molecule has 0 aromatic heterocycles. The summed E-state index contributed by atoms with van der Waals surface area (Å²) in [5, 5.41) is 2.90. The summed E-state index contributed by atoms with van der Waals surface area (Å²) in [5.74, 6) is -0.225. The van der Waals surface area contributed by atoms with E-state index in [9.17, 15) is 13.2 Å². The fourth-order valence-corrected chi connectivity index (χ4v) is 4.20. The van der Waals surface area contributed by atoms with E-state index < -0.39 is 10.0 Å². The number of hydrogen-bond acceptors (Lipinski definition) is 3. The monoisotopic (exact) mass is 368 g/mol. The van der Waals surface area contributed by atoms with E-state index in [0.29, 0.717) is 18.2 Å². The molecule has 1 aliphatic rings. The maximum atomic E-state index is 12.3. The first-order chi connectivity index (χ1) is 11.8. The molecule has 1 heterocycles. The predicted molar refractivity (Wildman–Crippen MR) is 98.3 cm³/mol. The van der Waals surface area contributed by atoms with Crippen LogP contribution in [0.4, 0.5) is 0 Å². The Labute approximate surface area is 151 Å². The highest BCUT2D eigenvalue weighted by atomic mass is 32.2. The Hall–Kier alpha value is -1.44. The Bertz CT molecular complexity index is 689. The molecule has 0 aliphatic carbocycles. The van der Waals surface area contributed by atoms with E-state index in [1.807, 2.05) is 0 Å². The van der Waals surface area contributed by atoms with Gasteiger partial charge in [-0.25, -0.2) is 12.7 Å². The molecule has 1 fully saturated rings. The number of piperidine rings is 1. The third-order valence-corrected chi connectivity index (χ3v) is 6.73. The molecule has 0 radical (unpaired) electrons. The van der Waals surface area contributed by atoms with Crippen LogP contribution < -0.4 is 10.2 Å². The lowest BCUT2D eigenvalue weighted by atomic mass is 10.0. The number of nitrogens with one attached hydrogen (secondary N) is 2. The van der Waals surface area contributed by atoms with Crippen LogP contribution in [0.2, 0.25) is 0 Å². The van der Waals surface area contributed by atoms with Gasteiger partial charge in [-0.15, -0.1) is 0 Å². The molecule has 140 valence electrons. The molecular formula is C18H30N3O3S+. The molecule has 7 heteroatoms. The van der Waals surface area contributed by atoms with Crippen molar-refractivity contribution in [3.8, 4) is 0 Å². The minimum Gasteiger partial charge on any atom is -0.352 e. The van der Waals surface area contributed by atoms with Crippen LogP contribution in [-0.2, 0) is 10.0 Å². The first kappa shape index (κ1) is 19.9.